The van der Waals surface area contributed by atoms with Crippen LogP contribution in [-0.2, 0) is 0 Å². The van der Waals surface area contributed by atoms with Crippen LogP contribution in [-0.4, -0.2) is 20.8 Å². The highest BCUT2D eigenvalue weighted by molar-refractivity contribution is 6.01. The summed E-state index contributed by atoms with van der Waals surface area (Å²) < 4.78 is 6.52. The van der Waals surface area contributed by atoms with Gasteiger partial charge in [0.05, 0.1) is 6.04 Å². The van der Waals surface area contributed by atoms with Crippen LogP contribution in [0.5, 0.6) is 17.2 Å². The molecule has 4 aromatic carbocycles. The van der Waals surface area contributed by atoms with Gasteiger partial charge in [-0.25, -0.2) is 4.90 Å². The molecule has 0 spiro atoms. The summed E-state index contributed by atoms with van der Waals surface area (Å²) >= 11 is 0. The Hall–Kier alpha value is -4.09. The fourth-order valence-electron chi connectivity index (χ4n) is 5.01. The maximum atomic E-state index is 10.8. The van der Waals surface area contributed by atoms with Crippen molar-refractivity contribution in [3.05, 3.63) is 125 Å². The molecule has 0 aliphatic carbocycles. The van der Waals surface area contributed by atoms with Crippen molar-refractivity contribution in [3.63, 3.8) is 0 Å². The number of fused-ring (bicyclic) bond motifs is 3. The first-order valence-electron chi connectivity index (χ1n) is 11.4. The highest BCUT2D eigenvalue weighted by Gasteiger charge is 2.45. The summed E-state index contributed by atoms with van der Waals surface area (Å²) in [6.07, 6.45) is -0.404. The van der Waals surface area contributed by atoms with E-state index in [1.807, 2.05) is 66.7 Å². The van der Waals surface area contributed by atoms with E-state index >= 15 is 0 Å². The lowest BCUT2D eigenvalue weighted by molar-refractivity contribution is -0.0642. The number of phenols is 2. The van der Waals surface area contributed by atoms with E-state index in [1.165, 1.54) is 0 Å². The third-order valence-electron chi connectivity index (χ3n) is 6.62. The lowest BCUT2D eigenvalue weighted by Crippen LogP contribution is -2.45. The van der Waals surface area contributed by atoms with Crippen LogP contribution in [0.3, 0.4) is 0 Å². The first kappa shape index (κ1) is 20.5. The van der Waals surface area contributed by atoms with E-state index in [0.717, 1.165) is 22.6 Å². The van der Waals surface area contributed by atoms with E-state index in [2.05, 4.69) is 23.1 Å². The molecule has 0 bridgehead atoms. The second-order valence-corrected chi connectivity index (χ2v) is 8.61. The standard InChI is InChI=1S/C29H24N2O3/c32-25-15-7-4-13-21(25)28-30-23(19-10-2-1-3-11-19)18-24-20-12-6-9-17-27(20)34-29(31(24)28)22-14-5-8-16-26(22)33/h1-17,24,28-29,32-33H,18H2. The molecular weight excluding hydrogens is 424 g/mol. The largest absolute Gasteiger partial charge is 0.508 e. The quantitative estimate of drug-likeness (QED) is 0.396. The third kappa shape index (κ3) is 3.42. The molecule has 34 heavy (non-hydrogen) atoms. The lowest BCUT2D eigenvalue weighted by atomic mass is 9.89. The Morgan fingerprint density at radius 1 is 0.676 bits per heavy atom. The number of benzene rings is 4. The van der Waals surface area contributed by atoms with Crippen LogP contribution in [0, 0.1) is 0 Å². The highest BCUT2D eigenvalue weighted by atomic mass is 16.5. The Kier molecular flexibility index (Phi) is 5.04. The highest BCUT2D eigenvalue weighted by Crippen LogP contribution is 2.52. The predicted octanol–water partition coefficient (Wildman–Crippen LogP) is 6.12. The summed E-state index contributed by atoms with van der Waals surface area (Å²) in [5.41, 5.74) is 4.47. The molecule has 0 radical (unpaired) electrons. The topological polar surface area (TPSA) is 65.3 Å². The van der Waals surface area contributed by atoms with Gasteiger partial charge in [0.2, 0.25) is 0 Å². The molecule has 168 valence electrons. The van der Waals surface area contributed by atoms with E-state index in [9.17, 15) is 10.2 Å². The molecule has 2 aliphatic rings. The second kappa shape index (κ2) is 8.36. The van der Waals surface area contributed by atoms with E-state index in [-0.39, 0.29) is 17.5 Å². The zero-order valence-electron chi connectivity index (χ0n) is 18.5. The van der Waals surface area contributed by atoms with E-state index in [1.54, 1.807) is 18.2 Å². The van der Waals surface area contributed by atoms with Crippen molar-refractivity contribution in [1.29, 1.82) is 0 Å². The Labute approximate surface area is 198 Å². The number of aliphatic imine (C=N–C) groups is 1. The monoisotopic (exact) mass is 448 g/mol. The van der Waals surface area contributed by atoms with Crippen LogP contribution in [0.1, 0.15) is 47.1 Å². The van der Waals surface area contributed by atoms with Gasteiger partial charge in [-0.3, -0.25) is 4.99 Å². The first-order valence-corrected chi connectivity index (χ1v) is 11.4. The summed E-state index contributed by atoms with van der Waals surface area (Å²) in [5, 5.41) is 21.6. The Morgan fingerprint density at radius 2 is 1.26 bits per heavy atom. The second-order valence-electron chi connectivity index (χ2n) is 8.61. The third-order valence-corrected chi connectivity index (χ3v) is 6.62. The molecule has 0 aromatic heterocycles. The molecule has 3 unspecified atom stereocenters. The lowest BCUT2D eigenvalue weighted by Gasteiger charge is -2.48. The maximum Gasteiger partial charge on any atom is 0.185 e. The number of ether oxygens (including phenoxy) is 1. The average Bonchev–Trinajstić information content (AvgIpc) is 2.89. The fourth-order valence-corrected chi connectivity index (χ4v) is 5.01. The molecule has 4 aromatic rings. The van der Waals surface area contributed by atoms with Crippen molar-refractivity contribution in [3.8, 4) is 17.2 Å². The SMILES string of the molecule is Oc1ccccc1C1N=C(c2ccccc2)CC2c3ccccc3OC(c3ccccc3O)N21. The van der Waals surface area contributed by atoms with Gasteiger partial charge in [0.15, 0.2) is 6.23 Å². The van der Waals surface area contributed by atoms with Crippen molar-refractivity contribution >= 4 is 5.71 Å². The van der Waals surface area contributed by atoms with Crippen LogP contribution in [0.4, 0.5) is 0 Å². The molecule has 0 saturated heterocycles. The average molecular weight is 449 g/mol. The van der Waals surface area contributed by atoms with Gasteiger partial charge in [-0.2, -0.15) is 0 Å². The molecule has 2 heterocycles. The molecule has 0 fully saturated rings. The number of para-hydroxylation sites is 3. The molecule has 5 heteroatoms. The van der Waals surface area contributed by atoms with Gasteiger partial charge in [0.25, 0.3) is 0 Å². The number of rotatable bonds is 3. The van der Waals surface area contributed by atoms with Gasteiger partial charge in [0, 0.05) is 28.8 Å². The maximum absolute atomic E-state index is 10.8. The minimum atomic E-state index is -0.577. The summed E-state index contributed by atoms with van der Waals surface area (Å²) in [4.78, 5) is 7.33. The molecule has 2 N–H and O–H groups in total. The Balaban J connectivity index is 1.59. The van der Waals surface area contributed by atoms with Gasteiger partial charge >= 0.3 is 0 Å². The van der Waals surface area contributed by atoms with Crippen LogP contribution >= 0.6 is 0 Å². The fraction of sp³-hybridized carbons (Fsp3) is 0.138. The predicted molar refractivity (Wildman–Crippen MR) is 131 cm³/mol. The number of hydrogen-bond acceptors (Lipinski definition) is 5. The van der Waals surface area contributed by atoms with Crippen LogP contribution in [0.15, 0.2) is 108 Å². The summed E-state index contributed by atoms with van der Waals surface area (Å²) in [6.45, 7) is 0. The van der Waals surface area contributed by atoms with Crippen LogP contribution in [0.2, 0.25) is 0 Å². The van der Waals surface area contributed by atoms with Gasteiger partial charge < -0.3 is 14.9 Å². The Morgan fingerprint density at radius 3 is 1.97 bits per heavy atom. The van der Waals surface area contributed by atoms with Crippen LogP contribution in [0.25, 0.3) is 0 Å². The van der Waals surface area contributed by atoms with E-state index in [0.29, 0.717) is 17.5 Å². The normalized spacial score (nSPS) is 21.6. The first-order chi connectivity index (χ1) is 16.7. The molecule has 0 amide bonds. The minimum absolute atomic E-state index is 0.0631. The zero-order valence-corrected chi connectivity index (χ0v) is 18.5. The van der Waals surface area contributed by atoms with Gasteiger partial charge in [0.1, 0.15) is 23.4 Å². The van der Waals surface area contributed by atoms with Gasteiger partial charge in [-0.15, -0.1) is 0 Å². The molecular formula is C29H24N2O3. The van der Waals surface area contributed by atoms with E-state index in [4.69, 9.17) is 9.73 Å². The van der Waals surface area contributed by atoms with Gasteiger partial charge in [-0.05, 0) is 23.8 Å². The van der Waals surface area contributed by atoms with Crippen molar-refractivity contribution < 1.29 is 14.9 Å². The Bertz CT molecular complexity index is 1370. The minimum Gasteiger partial charge on any atom is -0.508 e. The number of phenolic OH excluding ortho intramolecular Hbond substituents is 2. The number of nitrogens with zero attached hydrogens (tertiary/aromatic N) is 2. The molecule has 2 aliphatic heterocycles. The van der Waals surface area contributed by atoms with Crippen molar-refractivity contribution in [1.82, 2.24) is 4.90 Å². The van der Waals surface area contributed by atoms with Gasteiger partial charge in [-0.1, -0.05) is 84.9 Å². The summed E-state index contributed by atoms with van der Waals surface area (Å²) in [7, 11) is 0. The molecule has 0 saturated carbocycles. The smallest absolute Gasteiger partial charge is 0.185 e. The zero-order chi connectivity index (χ0) is 23.1. The molecule has 6 rings (SSSR count). The summed E-state index contributed by atoms with van der Waals surface area (Å²) in [5.74, 6) is 1.14. The van der Waals surface area contributed by atoms with Crippen molar-refractivity contribution in [2.75, 3.05) is 0 Å². The molecule has 3 atom stereocenters. The van der Waals surface area contributed by atoms with E-state index < -0.39 is 12.4 Å². The molecule has 5 nitrogen and oxygen atoms in total. The van der Waals surface area contributed by atoms with Crippen molar-refractivity contribution in [2.24, 2.45) is 4.99 Å². The van der Waals surface area contributed by atoms with Crippen molar-refractivity contribution in [2.45, 2.75) is 24.9 Å². The number of hydrogen-bond donors (Lipinski definition) is 2. The number of aromatic hydroxyl groups is 2. The van der Waals surface area contributed by atoms with Crippen LogP contribution < -0.4 is 4.74 Å². The summed E-state index contributed by atoms with van der Waals surface area (Å²) in [6, 6.07) is 32.7.